The van der Waals surface area contributed by atoms with Crippen molar-refractivity contribution >= 4 is 23.3 Å². The maximum atomic E-state index is 11.1. The van der Waals surface area contributed by atoms with Crippen LogP contribution in [-0.4, -0.2) is 17.7 Å². The summed E-state index contributed by atoms with van der Waals surface area (Å²) in [6.45, 7) is 4.59. The molecule has 0 bridgehead atoms. The van der Waals surface area contributed by atoms with Gasteiger partial charge >= 0.3 is 5.97 Å². The molecule has 0 spiro atoms. The molecule has 0 radical (unpaired) electrons. The minimum atomic E-state index is -1.09. The summed E-state index contributed by atoms with van der Waals surface area (Å²) >= 11 is 5.98. The fraction of sp³-hybridized carbons (Fsp3) is 0.462. The lowest BCUT2D eigenvalue weighted by Crippen LogP contribution is -2.13. The zero-order valence-electron chi connectivity index (χ0n) is 10.6. The Labute approximate surface area is 112 Å². The number of carboxylic acid groups (broad SMARTS) is 1. The molecule has 3 N–H and O–H groups in total. The van der Waals surface area contributed by atoms with Gasteiger partial charge in [-0.1, -0.05) is 38.3 Å². The number of carbonyl (C=O) groups is 1. The molecule has 4 nitrogen and oxygen atoms in total. The molecule has 0 amide bonds. The third-order valence-electron chi connectivity index (χ3n) is 2.91. The number of halogens is 1. The van der Waals surface area contributed by atoms with Crippen LogP contribution in [0.25, 0.3) is 0 Å². The fourth-order valence-corrected chi connectivity index (χ4v) is 1.93. The summed E-state index contributed by atoms with van der Waals surface area (Å²) in [4.78, 5) is 11.1. The molecule has 0 aliphatic heterocycles. The van der Waals surface area contributed by atoms with Crippen LogP contribution in [0.4, 0.5) is 5.69 Å². The van der Waals surface area contributed by atoms with Gasteiger partial charge in [0.15, 0.2) is 5.75 Å². The first kappa shape index (κ1) is 14.6. The van der Waals surface area contributed by atoms with E-state index in [1.54, 1.807) is 0 Å². The summed E-state index contributed by atoms with van der Waals surface area (Å²) in [5.74, 6) is -0.505. The van der Waals surface area contributed by atoms with Gasteiger partial charge in [0.1, 0.15) is 5.56 Å². The Morgan fingerprint density at radius 3 is 2.56 bits per heavy atom. The van der Waals surface area contributed by atoms with Gasteiger partial charge < -0.3 is 15.6 Å². The van der Waals surface area contributed by atoms with Crippen LogP contribution in [-0.2, 0) is 0 Å². The molecule has 0 unspecified atom stereocenters. The van der Waals surface area contributed by atoms with Crippen molar-refractivity contribution in [1.29, 1.82) is 0 Å². The van der Waals surface area contributed by atoms with Crippen LogP contribution in [0.2, 0.25) is 5.02 Å². The third kappa shape index (κ3) is 3.53. The molecule has 1 rings (SSSR count). The normalized spacial score (nSPS) is 10.7. The number of hydrogen-bond donors (Lipinski definition) is 2. The largest absolute Gasteiger partial charge is 0.491 e. The number of ether oxygens (including phenoxy) is 1. The highest BCUT2D eigenvalue weighted by Crippen LogP contribution is 2.32. The van der Waals surface area contributed by atoms with E-state index < -0.39 is 5.97 Å². The van der Waals surface area contributed by atoms with Gasteiger partial charge in [-0.05, 0) is 18.1 Å². The first-order valence-electron chi connectivity index (χ1n) is 5.94. The van der Waals surface area contributed by atoms with Crippen LogP contribution in [0.5, 0.6) is 5.75 Å². The predicted octanol–water partition coefficient (Wildman–Crippen LogP) is 3.44. The van der Waals surface area contributed by atoms with Crippen molar-refractivity contribution in [1.82, 2.24) is 0 Å². The predicted molar refractivity (Wildman–Crippen MR) is 72.4 cm³/mol. The van der Waals surface area contributed by atoms with Crippen molar-refractivity contribution in [3.05, 3.63) is 22.7 Å². The summed E-state index contributed by atoms with van der Waals surface area (Å²) in [5.41, 5.74) is 5.89. The van der Waals surface area contributed by atoms with Gasteiger partial charge in [0.25, 0.3) is 0 Å². The van der Waals surface area contributed by atoms with Crippen molar-refractivity contribution < 1.29 is 14.6 Å². The molecule has 1 aromatic carbocycles. The van der Waals surface area contributed by atoms with Crippen LogP contribution in [0.15, 0.2) is 12.1 Å². The standard InChI is InChI=1S/C13H18ClNO3/c1-3-8(4-2)7-18-12-10(13(16)17)5-9(15)6-11(12)14/h5-6,8H,3-4,7,15H2,1-2H3,(H,16,17). The van der Waals surface area contributed by atoms with E-state index in [9.17, 15) is 4.79 Å². The molecule has 100 valence electrons. The quantitative estimate of drug-likeness (QED) is 0.778. The minimum Gasteiger partial charge on any atom is -0.491 e. The molecule has 0 fully saturated rings. The van der Waals surface area contributed by atoms with Crippen molar-refractivity contribution in [3.63, 3.8) is 0 Å². The van der Waals surface area contributed by atoms with Crippen molar-refractivity contribution in [2.75, 3.05) is 12.3 Å². The van der Waals surface area contributed by atoms with Crippen LogP contribution >= 0.6 is 11.6 Å². The molecular formula is C13H18ClNO3. The van der Waals surface area contributed by atoms with Crippen LogP contribution in [0, 0.1) is 5.92 Å². The smallest absolute Gasteiger partial charge is 0.339 e. The van der Waals surface area contributed by atoms with Gasteiger partial charge in [0, 0.05) is 5.69 Å². The Hall–Kier alpha value is -1.42. The van der Waals surface area contributed by atoms with E-state index >= 15 is 0 Å². The maximum absolute atomic E-state index is 11.1. The van der Waals surface area contributed by atoms with Gasteiger partial charge in [-0.3, -0.25) is 0 Å². The average Bonchev–Trinajstić information content (AvgIpc) is 2.31. The maximum Gasteiger partial charge on any atom is 0.339 e. The molecular weight excluding hydrogens is 254 g/mol. The Bertz CT molecular complexity index is 430. The van der Waals surface area contributed by atoms with Crippen molar-refractivity contribution in [3.8, 4) is 5.75 Å². The second kappa shape index (κ2) is 6.50. The lowest BCUT2D eigenvalue weighted by atomic mass is 10.1. The number of benzene rings is 1. The highest BCUT2D eigenvalue weighted by molar-refractivity contribution is 6.33. The zero-order chi connectivity index (χ0) is 13.7. The van der Waals surface area contributed by atoms with Gasteiger partial charge in [-0.25, -0.2) is 4.79 Å². The minimum absolute atomic E-state index is 0.00551. The molecule has 0 saturated carbocycles. The van der Waals surface area contributed by atoms with Crippen LogP contribution in [0.1, 0.15) is 37.0 Å². The second-order valence-electron chi connectivity index (χ2n) is 4.18. The molecule has 0 saturated heterocycles. The SMILES string of the molecule is CCC(CC)COc1c(Cl)cc(N)cc1C(=O)O. The average molecular weight is 272 g/mol. The number of nitrogen functional groups attached to an aromatic ring is 1. The van der Waals surface area contributed by atoms with E-state index in [2.05, 4.69) is 13.8 Å². The summed E-state index contributed by atoms with van der Waals surface area (Å²) in [6, 6.07) is 2.85. The van der Waals surface area contributed by atoms with Crippen LogP contribution < -0.4 is 10.5 Å². The van der Waals surface area contributed by atoms with Gasteiger partial charge in [-0.15, -0.1) is 0 Å². The van der Waals surface area contributed by atoms with E-state index in [0.717, 1.165) is 12.8 Å². The number of nitrogens with two attached hydrogens (primary N) is 1. The molecule has 0 heterocycles. The van der Waals surface area contributed by atoms with Crippen molar-refractivity contribution in [2.45, 2.75) is 26.7 Å². The zero-order valence-corrected chi connectivity index (χ0v) is 11.3. The molecule has 18 heavy (non-hydrogen) atoms. The van der Waals surface area contributed by atoms with E-state index in [0.29, 0.717) is 18.2 Å². The van der Waals surface area contributed by atoms with Gasteiger partial charge in [-0.2, -0.15) is 0 Å². The number of rotatable bonds is 6. The Kier molecular flexibility index (Phi) is 5.28. The molecule has 0 aliphatic carbocycles. The van der Waals surface area contributed by atoms with E-state index in [-0.39, 0.29) is 16.3 Å². The molecule has 0 atom stereocenters. The van der Waals surface area contributed by atoms with E-state index in [1.807, 2.05) is 0 Å². The fourth-order valence-electron chi connectivity index (χ4n) is 1.65. The van der Waals surface area contributed by atoms with Crippen LogP contribution in [0.3, 0.4) is 0 Å². The Balaban J connectivity index is 2.96. The summed E-state index contributed by atoms with van der Waals surface area (Å²) in [7, 11) is 0. The summed E-state index contributed by atoms with van der Waals surface area (Å²) in [6.07, 6.45) is 1.96. The topological polar surface area (TPSA) is 72.5 Å². The highest BCUT2D eigenvalue weighted by atomic mass is 35.5. The van der Waals surface area contributed by atoms with E-state index in [4.69, 9.17) is 27.2 Å². The lowest BCUT2D eigenvalue weighted by Gasteiger charge is -2.16. The van der Waals surface area contributed by atoms with Gasteiger partial charge in [0.2, 0.25) is 0 Å². The van der Waals surface area contributed by atoms with E-state index in [1.165, 1.54) is 12.1 Å². The number of anilines is 1. The third-order valence-corrected chi connectivity index (χ3v) is 3.20. The summed E-state index contributed by atoms with van der Waals surface area (Å²) in [5, 5.41) is 9.33. The number of hydrogen-bond acceptors (Lipinski definition) is 3. The molecule has 5 heteroatoms. The van der Waals surface area contributed by atoms with Gasteiger partial charge in [0.05, 0.1) is 11.6 Å². The molecule has 0 aliphatic rings. The highest BCUT2D eigenvalue weighted by Gasteiger charge is 2.17. The molecule has 1 aromatic rings. The first-order valence-corrected chi connectivity index (χ1v) is 6.32. The first-order chi connectivity index (χ1) is 8.49. The monoisotopic (exact) mass is 271 g/mol. The lowest BCUT2D eigenvalue weighted by molar-refractivity contribution is 0.0691. The Morgan fingerprint density at radius 2 is 2.06 bits per heavy atom. The summed E-state index contributed by atoms with van der Waals surface area (Å²) < 4.78 is 5.56. The second-order valence-corrected chi connectivity index (χ2v) is 4.59. The number of carboxylic acids is 1. The Morgan fingerprint density at radius 1 is 1.44 bits per heavy atom. The molecule has 0 aromatic heterocycles. The van der Waals surface area contributed by atoms with Crippen molar-refractivity contribution in [2.24, 2.45) is 5.92 Å². The number of aromatic carboxylic acids is 1.